The number of carbonyl (C=O) groups is 4. The zero-order chi connectivity index (χ0) is 22.5. The molecule has 164 valence electrons. The molecule has 0 spiro atoms. The van der Waals surface area contributed by atoms with E-state index in [0.29, 0.717) is 43.2 Å². The second-order valence-corrected chi connectivity index (χ2v) is 8.08. The normalized spacial score (nSPS) is 17.7. The summed E-state index contributed by atoms with van der Waals surface area (Å²) in [5, 5.41) is -0.491. The molecule has 0 aromatic heterocycles. The van der Waals surface area contributed by atoms with Gasteiger partial charge in [0.25, 0.3) is 11.1 Å². The summed E-state index contributed by atoms with van der Waals surface area (Å²) in [6, 6.07) is 15.2. The first-order valence-corrected chi connectivity index (χ1v) is 10.8. The fourth-order valence-corrected chi connectivity index (χ4v) is 4.08. The van der Waals surface area contributed by atoms with Gasteiger partial charge in [0, 0.05) is 13.1 Å². The van der Waals surface area contributed by atoms with E-state index in [2.05, 4.69) is 0 Å². The molecule has 0 N–H and O–H groups in total. The fourth-order valence-electron chi connectivity index (χ4n) is 3.24. The van der Waals surface area contributed by atoms with Crippen molar-refractivity contribution in [3.05, 3.63) is 70.6 Å². The number of hydrogen-bond acceptors (Lipinski definition) is 7. The first kappa shape index (κ1) is 21.8. The molecule has 2 saturated heterocycles. The molecule has 0 unspecified atom stereocenters. The lowest BCUT2D eigenvalue weighted by molar-refractivity contribution is -0.139. The largest absolute Gasteiger partial charge is 0.423 e. The zero-order valence-corrected chi connectivity index (χ0v) is 17.9. The summed E-state index contributed by atoms with van der Waals surface area (Å²) in [5.74, 6) is -0.987. The molecule has 0 atom stereocenters. The summed E-state index contributed by atoms with van der Waals surface area (Å²) in [6.45, 7) is 1.48. The lowest BCUT2D eigenvalue weighted by atomic mass is 10.2. The highest BCUT2D eigenvalue weighted by atomic mass is 32.2. The lowest BCUT2D eigenvalue weighted by Gasteiger charge is -2.28. The molecule has 2 fully saturated rings. The molecule has 0 saturated carbocycles. The standard InChI is InChI=1S/C23H20N2O6S/c26-20(24-9-11-30-12-10-24)15-25-21(27)19(32-23(25)29)14-16-5-4-8-18(13-16)31-22(28)17-6-2-1-3-7-17/h1-8,13-14H,9-12,15H2/b19-14-. The van der Waals surface area contributed by atoms with Crippen LogP contribution in [0.3, 0.4) is 0 Å². The molecule has 32 heavy (non-hydrogen) atoms. The number of esters is 1. The molecule has 3 amide bonds. The van der Waals surface area contributed by atoms with Crippen LogP contribution < -0.4 is 4.74 Å². The minimum absolute atomic E-state index is 0.205. The highest BCUT2D eigenvalue weighted by Crippen LogP contribution is 2.32. The van der Waals surface area contributed by atoms with E-state index in [1.165, 1.54) is 0 Å². The molecule has 8 nitrogen and oxygen atoms in total. The predicted molar refractivity (Wildman–Crippen MR) is 118 cm³/mol. The molecule has 2 aromatic carbocycles. The molecule has 4 rings (SSSR count). The molecular weight excluding hydrogens is 432 g/mol. The smallest absolute Gasteiger partial charge is 0.343 e. The number of ether oxygens (including phenoxy) is 2. The Labute approximate surface area is 188 Å². The fraction of sp³-hybridized carbons (Fsp3) is 0.217. The van der Waals surface area contributed by atoms with Gasteiger partial charge in [-0.3, -0.25) is 19.3 Å². The molecule has 0 radical (unpaired) electrons. The summed E-state index contributed by atoms with van der Waals surface area (Å²) in [5.41, 5.74) is 1.01. The number of morpholine rings is 1. The van der Waals surface area contributed by atoms with Crippen molar-refractivity contribution in [1.82, 2.24) is 9.80 Å². The van der Waals surface area contributed by atoms with Crippen LogP contribution in [-0.4, -0.2) is 65.7 Å². The highest BCUT2D eigenvalue weighted by Gasteiger charge is 2.37. The van der Waals surface area contributed by atoms with E-state index in [9.17, 15) is 19.2 Å². The van der Waals surface area contributed by atoms with Gasteiger partial charge < -0.3 is 14.4 Å². The van der Waals surface area contributed by atoms with Gasteiger partial charge in [-0.15, -0.1) is 0 Å². The number of benzene rings is 2. The van der Waals surface area contributed by atoms with Gasteiger partial charge in [0.1, 0.15) is 12.3 Å². The van der Waals surface area contributed by atoms with E-state index in [-0.39, 0.29) is 17.4 Å². The second kappa shape index (κ2) is 9.80. The SMILES string of the molecule is O=C(Oc1cccc(/C=C2\SC(=O)N(CC(=O)N3CCOCC3)C2=O)c1)c1ccccc1. The number of nitrogens with zero attached hydrogens (tertiary/aromatic N) is 2. The van der Waals surface area contributed by atoms with E-state index in [1.807, 2.05) is 0 Å². The quantitative estimate of drug-likeness (QED) is 0.391. The van der Waals surface area contributed by atoms with Crippen molar-refractivity contribution in [2.24, 2.45) is 0 Å². The Bertz CT molecular complexity index is 1080. The number of carbonyl (C=O) groups excluding carboxylic acids is 4. The van der Waals surface area contributed by atoms with Gasteiger partial charge in [-0.25, -0.2) is 4.79 Å². The number of amides is 3. The number of hydrogen-bond donors (Lipinski definition) is 0. The molecule has 9 heteroatoms. The average Bonchev–Trinajstić information content (AvgIpc) is 3.07. The molecular formula is C23H20N2O6S. The number of rotatable bonds is 5. The Kier molecular flexibility index (Phi) is 6.67. The third-order valence-electron chi connectivity index (χ3n) is 4.91. The number of thioether (sulfide) groups is 1. The van der Waals surface area contributed by atoms with Gasteiger partial charge in [-0.05, 0) is 47.7 Å². The topological polar surface area (TPSA) is 93.2 Å². The Morgan fingerprint density at radius 3 is 2.53 bits per heavy atom. The van der Waals surface area contributed by atoms with Crippen LogP contribution in [0.25, 0.3) is 6.08 Å². The summed E-state index contributed by atoms with van der Waals surface area (Å²) in [6.07, 6.45) is 1.55. The molecule has 0 bridgehead atoms. The van der Waals surface area contributed by atoms with Crippen molar-refractivity contribution in [3.63, 3.8) is 0 Å². The zero-order valence-electron chi connectivity index (χ0n) is 17.1. The summed E-state index contributed by atoms with van der Waals surface area (Å²) in [7, 11) is 0. The van der Waals surface area contributed by atoms with Crippen LogP contribution in [0.4, 0.5) is 4.79 Å². The molecule has 2 heterocycles. The van der Waals surface area contributed by atoms with Crippen molar-refractivity contribution in [2.75, 3.05) is 32.8 Å². The van der Waals surface area contributed by atoms with E-state index in [0.717, 1.165) is 16.7 Å². The number of imide groups is 1. The minimum atomic E-state index is -0.520. The maximum absolute atomic E-state index is 12.7. The van der Waals surface area contributed by atoms with Crippen LogP contribution >= 0.6 is 11.8 Å². The molecule has 0 aliphatic carbocycles. The van der Waals surface area contributed by atoms with Crippen molar-refractivity contribution in [1.29, 1.82) is 0 Å². The van der Waals surface area contributed by atoms with Crippen molar-refractivity contribution < 1.29 is 28.7 Å². The van der Waals surface area contributed by atoms with Gasteiger partial charge in [0.05, 0.1) is 23.7 Å². The maximum atomic E-state index is 12.7. The van der Waals surface area contributed by atoms with E-state index in [4.69, 9.17) is 9.47 Å². The van der Waals surface area contributed by atoms with Gasteiger partial charge in [-0.1, -0.05) is 30.3 Å². The van der Waals surface area contributed by atoms with Gasteiger partial charge in [-0.2, -0.15) is 0 Å². The predicted octanol–water partition coefficient (Wildman–Crippen LogP) is 2.80. The van der Waals surface area contributed by atoms with Gasteiger partial charge in [0.15, 0.2) is 0 Å². The average molecular weight is 452 g/mol. The lowest BCUT2D eigenvalue weighted by Crippen LogP contribution is -2.46. The van der Waals surface area contributed by atoms with Crippen LogP contribution in [0.1, 0.15) is 15.9 Å². The second-order valence-electron chi connectivity index (χ2n) is 7.09. The van der Waals surface area contributed by atoms with Crippen LogP contribution in [0, 0.1) is 0 Å². The van der Waals surface area contributed by atoms with E-state index < -0.39 is 17.1 Å². The summed E-state index contributed by atoms with van der Waals surface area (Å²) in [4.78, 5) is 52.5. The van der Waals surface area contributed by atoms with Crippen LogP contribution in [-0.2, 0) is 14.3 Å². The third kappa shape index (κ3) is 5.06. The summed E-state index contributed by atoms with van der Waals surface area (Å²) >= 11 is 0.777. The Balaban J connectivity index is 1.44. The van der Waals surface area contributed by atoms with Crippen molar-refractivity contribution in [3.8, 4) is 5.75 Å². The van der Waals surface area contributed by atoms with Crippen molar-refractivity contribution >= 4 is 40.9 Å². The Morgan fingerprint density at radius 2 is 1.78 bits per heavy atom. The molecule has 2 aliphatic heterocycles. The third-order valence-corrected chi connectivity index (χ3v) is 5.81. The highest BCUT2D eigenvalue weighted by molar-refractivity contribution is 8.18. The minimum Gasteiger partial charge on any atom is -0.423 e. The molecule has 2 aromatic rings. The van der Waals surface area contributed by atoms with Crippen LogP contribution in [0.15, 0.2) is 59.5 Å². The first-order chi connectivity index (χ1) is 15.5. The first-order valence-electron chi connectivity index (χ1n) is 9.99. The Hall–Kier alpha value is -3.43. The Morgan fingerprint density at radius 1 is 1.03 bits per heavy atom. The van der Waals surface area contributed by atoms with Crippen molar-refractivity contribution in [2.45, 2.75) is 0 Å². The van der Waals surface area contributed by atoms with Gasteiger partial charge in [0.2, 0.25) is 5.91 Å². The van der Waals surface area contributed by atoms with Crippen LogP contribution in [0.2, 0.25) is 0 Å². The monoisotopic (exact) mass is 452 g/mol. The van der Waals surface area contributed by atoms with Gasteiger partial charge >= 0.3 is 5.97 Å². The maximum Gasteiger partial charge on any atom is 0.343 e. The molecule has 2 aliphatic rings. The van der Waals surface area contributed by atoms with E-state index >= 15 is 0 Å². The van der Waals surface area contributed by atoms with Crippen LogP contribution in [0.5, 0.6) is 5.75 Å². The van der Waals surface area contributed by atoms with E-state index in [1.54, 1.807) is 65.6 Å². The summed E-state index contributed by atoms with van der Waals surface area (Å²) < 4.78 is 10.6.